The number of rotatable bonds is 8. The summed E-state index contributed by atoms with van der Waals surface area (Å²) in [6.07, 6.45) is 3.36. The lowest BCUT2D eigenvalue weighted by atomic mass is 10.1. The van der Waals surface area contributed by atoms with Crippen molar-refractivity contribution in [3.05, 3.63) is 113 Å². The number of methoxy groups -OCH3 is 1. The van der Waals surface area contributed by atoms with Crippen LogP contribution in [-0.4, -0.2) is 22.9 Å². The quantitative estimate of drug-likeness (QED) is 0.237. The highest BCUT2D eigenvalue weighted by Crippen LogP contribution is 2.27. The lowest BCUT2D eigenvalue weighted by Gasteiger charge is -2.09. The number of hydrogen-bond donors (Lipinski definition) is 2. The highest BCUT2D eigenvalue weighted by atomic mass is 16.5. The molecule has 0 spiro atoms. The van der Waals surface area contributed by atoms with E-state index in [9.17, 15) is 4.79 Å². The van der Waals surface area contributed by atoms with Crippen LogP contribution in [0.5, 0.6) is 11.5 Å². The second-order valence-electron chi connectivity index (χ2n) is 9.72. The molecular formula is C32H30N4O3. The van der Waals surface area contributed by atoms with Crippen molar-refractivity contribution in [2.75, 3.05) is 17.7 Å². The summed E-state index contributed by atoms with van der Waals surface area (Å²) in [5, 5.41) is 11.6. The molecule has 0 saturated carbocycles. The lowest BCUT2D eigenvalue weighted by molar-refractivity contribution is 0.262. The van der Waals surface area contributed by atoms with Crippen molar-refractivity contribution in [3.63, 3.8) is 0 Å². The molecule has 0 saturated heterocycles. The van der Waals surface area contributed by atoms with Gasteiger partial charge in [-0.15, -0.1) is 0 Å². The summed E-state index contributed by atoms with van der Waals surface area (Å²) in [7, 11) is 1.64. The van der Waals surface area contributed by atoms with Crippen molar-refractivity contribution in [1.82, 2.24) is 9.78 Å². The van der Waals surface area contributed by atoms with E-state index >= 15 is 0 Å². The van der Waals surface area contributed by atoms with Gasteiger partial charge in [0.25, 0.3) is 0 Å². The standard InChI is InChI=1S/C32H30N4O3/c1-38-27-8-5-9-28(19-27)39-21-23-14-12-22(13-15-23)20-36-30-11-3-2-10-29(30)31(35-36)34-32(37)33-26-17-16-24-6-4-7-25(24)18-26/h2-3,5,8-19H,4,6-7,20-21H2,1H3,(H2,33,34,35,37). The van der Waals surface area contributed by atoms with Crippen LogP contribution in [0.25, 0.3) is 10.9 Å². The molecule has 4 aromatic carbocycles. The van der Waals surface area contributed by atoms with Crippen LogP contribution in [0.2, 0.25) is 0 Å². The minimum atomic E-state index is -0.302. The van der Waals surface area contributed by atoms with E-state index in [1.54, 1.807) is 7.11 Å². The van der Waals surface area contributed by atoms with E-state index < -0.39 is 0 Å². The van der Waals surface area contributed by atoms with Crippen molar-refractivity contribution < 1.29 is 14.3 Å². The van der Waals surface area contributed by atoms with E-state index in [4.69, 9.17) is 14.6 Å². The molecule has 1 aromatic heterocycles. The van der Waals surface area contributed by atoms with E-state index in [1.165, 1.54) is 17.5 Å². The first kappa shape index (κ1) is 24.6. The highest BCUT2D eigenvalue weighted by molar-refractivity contribution is 6.04. The maximum Gasteiger partial charge on any atom is 0.324 e. The fourth-order valence-corrected chi connectivity index (χ4v) is 5.03. The Hall–Kier alpha value is -4.78. The molecular weight excluding hydrogens is 488 g/mol. The Labute approximate surface area is 227 Å². The molecule has 39 heavy (non-hydrogen) atoms. The van der Waals surface area contributed by atoms with Gasteiger partial charge in [0, 0.05) is 17.1 Å². The van der Waals surface area contributed by atoms with Crippen molar-refractivity contribution in [2.24, 2.45) is 0 Å². The zero-order chi connectivity index (χ0) is 26.6. The molecule has 1 heterocycles. The molecule has 0 fully saturated rings. The number of anilines is 2. The second-order valence-corrected chi connectivity index (χ2v) is 9.72. The topological polar surface area (TPSA) is 77.4 Å². The third kappa shape index (κ3) is 5.57. The van der Waals surface area contributed by atoms with Crippen LogP contribution in [0.4, 0.5) is 16.3 Å². The molecule has 1 aliphatic rings. The number of hydrogen-bond acceptors (Lipinski definition) is 4. The monoisotopic (exact) mass is 518 g/mol. The summed E-state index contributed by atoms with van der Waals surface area (Å²) < 4.78 is 13.1. The Bertz CT molecular complexity index is 1620. The second kappa shape index (κ2) is 10.9. The van der Waals surface area contributed by atoms with Crippen LogP contribution in [0.3, 0.4) is 0 Å². The minimum Gasteiger partial charge on any atom is -0.497 e. The van der Waals surface area contributed by atoms with Crippen molar-refractivity contribution in [1.29, 1.82) is 0 Å². The Balaban J connectivity index is 1.13. The van der Waals surface area contributed by atoms with Crippen LogP contribution < -0.4 is 20.1 Å². The number of nitrogens with zero attached hydrogens (tertiary/aromatic N) is 2. The number of fused-ring (bicyclic) bond motifs is 2. The number of aromatic nitrogens is 2. The number of benzene rings is 4. The van der Waals surface area contributed by atoms with Gasteiger partial charge in [-0.25, -0.2) is 4.79 Å². The van der Waals surface area contributed by atoms with Gasteiger partial charge in [0.05, 0.1) is 19.2 Å². The van der Waals surface area contributed by atoms with Gasteiger partial charge in [0.2, 0.25) is 0 Å². The predicted octanol–water partition coefficient (Wildman–Crippen LogP) is 6.80. The third-order valence-corrected chi connectivity index (χ3v) is 7.05. The molecule has 2 N–H and O–H groups in total. The van der Waals surface area contributed by atoms with Gasteiger partial charge in [-0.2, -0.15) is 5.10 Å². The molecule has 0 aliphatic heterocycles. The van der Waals surface area contributed by atoms with Gasteiger partial charge >= 0.3 is 6.03 Å². The maximum atomic E-state index is 12.8. The minimum absolute atomic E-state index is 0.302. The number of carbonyl (C=O) groups is 1. The number of urea groups is 1. The first-order valence-corrected chi connectivity index (χ1v) is 13.1. The van der Waals surface area contributed by atoms with E-state index in [2.05, 4.69) is 47.0 Å². The lowest BCUT2D eigenvalue weighted by Crippen LogP contribution is -2.20. The normalized spacial score (nSPS) is 12.2. The van der Waals surface area contributed by atoms with E-state index in [-0.39, 0.29) is 6.03 Å². The van der Waals surface area contributed by atoms with E-state index in [0.29, 0.717) is 19.0 Å². The average molecular weight is 519 g/mol. The zero-order valence-corrected chi connectivity index (χ0v) is 21.8. The van der Waals surface area contributed by atoms with Gasteiger partial charge in [0.15, 0.2) is 5.82 Å². The summed E-state index contributed by atoms with van der Waals surface area (Å²) >= 11 is 0. The Morgan fingerprint density at radius 1 is 0.846 bits per heavy atom. The SMILES string of the molecule is COc1cccc(OCc2ccc(Cn3nc(NC(=O)Nc4ccc5c(c4)CCC5)c4ccccc43)cc2)c1. The van der Waals surface area contributed by atoms with Crippen molar-refractivity contribution >= 4 is 28.4 Å². The van der Waals surface area contributed by atoms with Gasteiger partial charge in [-0.1, -0.05) is 48.5 Å². The molecule has 1 aliphatic carbocycles. The third-order valence-electron chi connectivity index (χ3n) is 7.05. The fourth-order valence-electron chi connectivity index (χ4n) is 5.03. The van der Waals surface area contributed by atoms with Gasteiger partial charge in [0.1, 0.15) is 18.1 Å². The number of amides is 2. The molecule has 7 nitrogen and oxygen atoms in total. The molecule has 7 heteroatoms. The maximum absolute atomic E-state index is 12.8. The molecule has 0 radical (unpaired) electrons. The number of ether oxygens (including phenoxy) is 2. The molecule has 196 valence electrons. The molecule has 0 atom stereocenters. The van der Waals surface area contributed by atoms with Crippen molar-refractivity contribution in [3.8, 4) is 11.5 Å². The summed E-state index contributed by atoms with van der Waals surface area (Å²) in [6.45, 7) is 1.04. The van der Waals surface area contributed by atoms with Gasteiger partial charge in [-0.05, 0) is 77.9 Å². The number of carbonyl (C=O) groups excluding carboxylic acids is 1. The van der Waals surface area contributed by atoms with E-state index in [0.717, 1.165) is 52.1 Å². The molecule has 0 unspecified atom stereocenters. The largest absolute Gasteiger partial charge is 0.497 e. The van der Waals surface area contributed by atoms with Crippen molar-refractivity contribution in [2.45, 2.75) is 32.4 Å². The Morgan fingerprint density at radius 2 is 1.64 bits per heavy atom. The number of nitrogens with one attached hydrogen (secondary N) is 2. The molecule has 6 rings (SSSR count). The van der Waals surface area contributed by atoms with Crippen LogP contribution in [0.1, 0.15) is 28.7 Å². The van der Waals surface area contributed by atoms with Crippen LogP contribution in [0, 0.1) is 0 Å². The van der Waals surface area contributed by atoms with Crippen LogP contribution >= 0.6 is 0 Å². The van der Waals surface area contributed by atoms with Crippen LogP contribution in [-0.2, 0) is 26.0 Å². The van der Waals surface area contributed by atoms with Gasteiger partial charge < -0.3 is 14.8 Å². The highest BCUT2D eigenvalue weighted by Gasteiger charge is 2.15. The number of aryl methyl sites for hydroxylation is 2. The summed E-state index contributed by atoms with van der Waals surface area (Å²) in [5.74, 6) is 2.07. The Morgan fingerprint density at radius 3 is 2.51 bits per heavy atom. The summed E-state index contributed by atoms with van der Waals surface area (Å²) in [5.41, 5.74) is 6.62. The zero-order valence-electron chi connectivity index (χ0n) is 21.8. The average Bonchev–Trinajstić information content (AvgIpc) is 3.57. The molecule has 0 bridgehead atoms. The predicted molar refractivity (Wildman–Crippen MR) is 154 cm³/mol. The summed E-state index contributed by atoms with van der Waals surface area (Å²) in [4.78, 5) is 12.8. The summed E-state index contributed by atoms with van der Waals surface area (Å²) in [6, 6.07) is 29.6. The first-order valence-electron chi connectivity index (χ1n) is 13.1. The molecule has 2 amide bonds. The number of para-hydroxylation sites is 1. The van der Waals surface area contributed by atoms with E-state index in [1.807, 2.05) is 59.3 Å². The Kier molecular flexibility index (Phi) is 6.87. The first-order chi connectivity index (χ1) is 19.1. The smallest absolute Gasteiger partial charge is 0.324 e. The van der Waals surface area contributed by atoms with Gasteiger partial charge in [-0.3, -0.25) is 10.00 Å². The van der Waals surface area contributed by atoms with Crippen LogP contribution in [0.15, 0.2) is 91.0 Å². The fraction of sp³-hybridized carbons (Fsp3) is 0.188. The molecule has 5 aromatic rings.